The number of hydrogen-bond donors (Lipinski definition) is 3. The lowest BCUT2D eigenvalue weighted by atomic mass is 10.00. The van der Waals surface area contributed by atoms with Crippen LogP contribution in [-0.4, -0.2) is 20.9 Å². The number of benzene rings is 2. The van der Waals surface area contributed by atoms with Crippen LogP contribution in [0, 0.1) is 0 Å². The van der Waals surface area contributed by atoms with Crippen LogP contribution in [-0.2, 0) is 0 Å². The minimum Gasteiger partial charge on any atom is -0.322 e. The number of fused-ring (bicyclic) bond motifs is 1. The Hall–Kier alpha value is -3.67. The Balaban J connectivity index is 1.68. The van der Waals surface area contributed by atoms with Gasteiger partial charge in [0.1, 0.15) is 0 Å². The number of aromatic amines is 2. The zero-order chi connectivity index (χ0) is 17.2. The molecule has 6 heteroatoms. The molecule has 2 aromatic heterocycles. The van der Waals surface area contributed by atoms with Crippen molar-refractivity contribution in [2.24, 2.45) is 0 Å². The molecular formula is C19H14N4O2. The van der Waals surface area contributed by atoms with Gasteiger partial charge >= 0.3 is 5.69 Å². The molecule has 122 valence electrons. The van der Waals surface area contributed by atoms with E-state index in [0.717, 1.165) is 11.1 Å². The highest BCUT2D eigenvalue weighted by Crippen LogP contribution is 2.24. The molecule has 0 saturated heterocycles. The maximum absolute atomic E-state index is 12.7. The van der Waals surface area contributed by atoms with Crippen LogP contribution < -0.4 is 11.0 Å². The van der Waals surface area contributed by atoms with Gasteiger partial charge in [0.2, 0.25) is 0 Å². The Morgan fingerprint density at radius 3 is 2.52 bits per heavy atom. The van der Waals surface area contributed by atoms with E-state index >= 15 is 0 Å². The van der Waals surface area contributed by atoms with Gasteiger partial charge in [0.05, 0.1) is 11.0 Å². The largest absolute Gasteiger partial charge is 0.323 e. The van der Waals surface area contributed by atoms with E-state index in [1.54, 1.807) is 36.7 Å². The highest BCUT2D eigenvalue weighted by atomic mass is 16.2. The highest BCUT2D eigenvalue weighted by Gasteiger charge is 2.13. The van der Waals surface area contributed by atoms with Gasteiger partial charge in [0.25, 0.3) is 5.91 Å². The third-order valence-electron chi connectivity index (χ3n) is 3.94. The second-order valence-electron chi connectivity index (χ2n) is 5.58. The summed E-state index contributed by atoms with van der Waals surface area (Å²) >= 11 is 0. The minimum absolute atomic E-state index is 0.218. The smallest absolute Gasteiger partial charge is 0.322 e. The third kappa shape index (κ3) is 2.92. The molecule has 0 radical (unpaired) electrons. The van der Waals surface area contributed by atoms with Crippen molar-refractivity contribution in [3.63, 3.8) is 0 Å². The van der Waals surface area contributed by atoms with Crippen LogP contribution in [0.3, 0.4) is 0 Å². The number of amides is 1. The Kier molecular flexibility index (Phi) is 3.63. The molecule has 0 fully saturated rings. The highest BCUT2D eigenvalue weighted by molar-refractivity contribution is 6.09. The van der Waals surface area contributed by atoms with Crippen LogP contribution in [0.25, 0.3) is 22.2 Å². The predicted octanol–water partition coefficient (Wildman–Crippen LogP) is 3.17. The van der Waals surface area contributed by atoms with Gasteiger partial charge in [-0.25, -0.2) is 4.79 Å². The molecule has 0 bridgehead atoms. The second kappa shape index (κ2) is 6.09. The lowest BCUT2D eigenvalue weighted by Gasteiger charge is -2.10. The fourth-order valence-corrected chi connectivity index (χ4v) is 2.77. The van der Waals surface area contributed by atoms with Gasteiger partial charge in [-0.2, -0.15) is 0 Å². The van der Waals surface area contributed by atoms with Crippen molar-refractivity contribution in [1.29, 1.82) is 0 Å². The predicted molar refractivity (Wildman–Crippen MR) is 96.5 cm³/mol. The molecule has 2 heterocycles. The number of nitrogens with zero attached hydrogens (tertiary/aromatic N) is 1. The summed E-state index contributed by atoms with van der Waals surface area (Å²) in [6.07, 6.45) is 3.39. The SMILES string of the molecule is O=C(Nc1ccc2[nH]c(=O)[nH]c2c1)c1ccccc1-c1ccncc1. The Labute approximate surface area is 142 Å². The molecule has 0 spiro atoms. The first-order valence-electron chi connectivity index (χ1n) is 7.73. The van der Waals surface area contributed by atoms with Gasteiger partial charge in [-0.1, -0.05) is 18.2 Å². The van der Waals surface area contributed by atoms with Crippen LogP contribution in [0.1, 0.15) is 10.4 Å². The molecule has 0 unspecified atom stereocenters. The lowest BCUT2D eigenvalue weighted by molar-refractivity contribution is 0.102. The molecule has 4 rings (SSSR count). The fraction of sp³-hybridized carbons (Fsp3) is 0. The summed E-state index contributed by atoms with van der Waals surface area (Å²) in [5.41, 5.74) is 3.99. The maximum atomic E-state index is 12.7. The summed E-state index contributed by atoms with van der Waals surface area (Å²) in [6, 6.07) is 16.3. The molecule has 6 nitrogen and oxygen atoms in total. The molecule has 25 heavy (non-hydrogen) atoms. The molecular weight excluding hydrogens is 316 g/mol. The molecule has 3 N–H and O–H groups in total. The van der Waals surface area contributed by atoms with Crippen molar-refractivity contribution in [3.05, 3.63) is 83.0 Å². The Morgan fingerprint density at radius 1 is 0.920 bits per heavy atom. The molecule has 0 aliphatic heterocycles. The summed E-state index contributed by atoms with van der Waals surface area (Å²) < 4.78 is 0. The summed E-state index contributed by atoms with van der Waals surface area (Å²) in [7, 11) is 0. The monoisotopic (exact) mass is 330 g/mol. The number of carbonyl (C=O) groups is 1. The lowest BCUT2D eigenvalue weighted by Crippen LogP contribution is -2.13. The standard InChI is InChI=1S/C19H14N4O2/c24-18(21-13-5-6-16-17(11-13)23-19(25)22-16)15-4-2-1-3-14(15)12-7-9-20-10-8-12/h1-11H,(H,21,24)(H2,22,23,25). The van der Waals surface area contributed by atoms with E-state index in [4.69, 9.17) is 0 Å². The van der Waals surface area contributed by atoms with Crippen LogP contribution in [0.15, 0.2) is 71.8 Å². The average Bonchev–Trinajstić information content (AvgIpc) is 3.02. The number of imidazole rings is 1. The van der Waals surface area contributed by atoms with E-state index in [2.05, 4.69) is 20.3 Å². The molecule has 4 aromatic rings. The van der Waals surface area contributed by atoms with Crippen molar-refractivity contribution >= 4 is 22.6 Å². The summed E-state index contributed by atoms with van der Waals surface area (Å²) in [6.45, 7) is 0. The number of H-pyrrole nitrogens is 2. The van der Waals surface area contributed by atoms with Crippen molar-refractivity contribution in [3.8, 4) is 11.1 Å². The minimum atomic E-state index is -0.276. The van der Waals surface area contributed by atoms with Gasteiger partial charge in [0, 0.05) is 23.6 Å². The quantitative estimate of drug-likeness (QED) is 0.539. The normalized spacial score (nSPS) is 10.7. The molecule has 2 aromatic carbocycles. The van der Waals surface area contributed by atoms with Crippen LogP contribution in [0.2, 0.25) is 0 Å². The number of aromatic nitrogens is 3. The van der Waals surface area contributed by atoms with Crippen molar-refractivity contribution in [1.82, 2.24) is 15.0 Å². The Bertz CT molecular complexity index is 1110. The topological polar surface area (TPSA) is 90.6 Å². The number of pyridine rings is 1. The number of hydrogen-bond acceptors (Lipinski definition) is 3. The van der Waals surface area contributed by atoms with E-state index in [-0.39, 0.29) is 11.6 Å². The molecule has 0 aliphatic carbocycles. The average molecular weight is 330 g/mol. The second-order valence-corrected chi connectivity index (χ2v) is 5.58. The summed E-state index contributed by atoms with van der Waals surface area (Å²) in [4.78, 5) is 33.4. The zero-order valence-electron chi connectivity index (χ0n) is 13.1. The molecule has 0 atom stereocenters. The van der Waals surface area contributed by atoms with Crippen molar-refractivity contribution in [2.75, 3.05) is 5.32 Å². The van der Waals surface area contributed by atoms with Gasteiger partial charge < -0.3 is 15.3 Å². The summed E-state index contributed by atoms with van der Waals surface area (Å²) in [5.74, 6) is -0.218. The van der Waals surface area contributed by atoms with Crippen LogP contribution >= 0.6 is 0 Å². The van der Waals surface area contributed by atoms with Crippen LogP contribution in [0.4, 0.5) is 5.69 Å². The molecule has 0 saturated carbocycles. The van der Waals surface area contributed by atoms with Crippen molar-refractivity contribution in [2.45, 2.75) is 0 Å². The number of carbonyl (C=O) groups excluding carboxylic acids is 1. The first kappa shape index (κ1) is 14.9. The number of rotatable bonds is 3. The molecule has 1 amide bonds. The summed E-state index contributed by atoms with van der Waals surface area (Å²) in [5, 5.41) is 2.88. The first-order chi connectivity index (χ1) is 12.2. The third-order valence-corrected chi connectivity index (χ3v) is 3.94. The van der Waals surface area contributed by atoms with Crippen LogP contribution in [0.5, 0.6) is 0 Å². The van der Waals surface area contributed by atoms with E-state index < -0.39 is 0 Å². The number of nitrogens with one attached hydrogen (secondary N) is 3. The zero-order valence-corrected chi connectivity index (χ0v) is 13.1. The van der Waals surface area contributed by atoms with Gasteiger partial charge in [-0.15, -0.1) is 0 Å². The van der Waals surface area contributed by atoms with E-state index in [0.29, 0.717) is 22.3 Å². The van der Waals surface area contributed by atoms with Gasteiger partial charge in [0.15, 0.2) is 0 Å². The van der Waals surface area contributed by atoms with E-state index in [1.165, 1.54) is 0 Å². The first-order valence-corrected chi connectivity index (χ1v) is 7.73. The number of anilines is 1. The maximum Gasteiger partial charge on any atom is 0.323 e. The van der Waals surface area contributed by atoms with Gasteiger partial charge in [-0.3, -0.25) is 9.78 Å². The fourth-order valence-electron chi connectivity index (χ4n) is 2.77. The molecule has 0 aliphatic rings. The van der Waals surface area contributed by atoms with E-state index in [9.17, 15) is 9.59 Å². The van der Waals surface area contributed by atoms with Crippen molar-refractivity contribution < 1.29 is 4.79 Å². The Morgan fingerprint density at radius 2 is 1.68 bits per heavy atom. The van der Waals surface area contributed by atoms with E-state index in [1.807, 2.05) is 30.3 Å². The van der Waals surface area contributed by atoms with Gasteiger partial charge in [-0.05, 0) is 47.5 Å².